The van der Waals surface area contributed by atoms with Crippen molar-refractivity contribution < 1.29 is 15.7 Å². The van der Waals surface area contributed by atoms with Gasteiger partial charge in [0.25, 0.3) is 0 Å². The average molecular weight is 304 g/mol. The molecule has 0 saturated carbocycles. The van der Waals surface area contributed by atoms with Gasteiger partial charge in [-0.3, -0.25) is 0 Å². The van der Waals surface area contributed by atoms with E-state index in [0.717, 1.165) is 0 Å². The van der Waals surface area contributed by atoms with E-state index >= 15 is 0 Å². The van der Waals surface area contributed by atoms with E-state index in [-0.39, 0.29) is 0 Å². The van der Waals surface area contributed by atoms with E-state index < -0.39 is 0 Å². The molecule has 0 radical (unpaired) electrons. The van der Waals surface area contributed by atoms with Gasteiger partial charge in [-0.1, -0.05) is 0 Å². The molecule has 2 fully saturated rings. The van der Waals surface area contributed by atoms with E-state index in [0.29, 0.717) is 37.8 Å². The monoisotopic (exact) mass is 304 g/mol. The second-order valence-electron chi connectivity index (χ2n) is 8.92. The van der Waals surface area contributed by atoms with Crippen LogP contribution in [0.4, 0.5) is 0 Å². The van der Waals surface area contributed by atoms with Gasteiger partial charge < -0.3 is 0 Å². The summed E-state index contributed by atoms with van der Waals surface area (Å²) in [6.07, 6.45) is 5.32. The van der Waals surface area contributed by atoms with Crippen LogP contribution in [0.15, 0.2) is 0 Å². The number of nitrogens with zero attached hydrogens (tertiary/aromatic N) is 2. The van der Waals surface area contributed by atoms with E-state index in [1.54, 1.807) is 0 Å². The van der Waals surface area contributed by atoms with Crippen molar-refractivity contribution in [3.63, 3.8) is 0 Å². The molecule has 0 aromatic carbocycles. The van der Waals surface area contributed by atoms with Gasteiger partial charge in [0.05, 0.1) is 0 Å². The average Bonchev–Trinajstić information content (AvgIpc) is 2.55. The molecule has 3 heteroatoms. The SMILES string of the molecule is CC1(C)CCC(C)(C)[N]1[Cr][N]1C(C)(C)CCC1(C)C. The first-order chi connectivity index (χ1) is 8.39. The predicted molar refractivity (Wildman–Crippen MR) is 78.5 cm³/mol. The third-order valence-corrected chi connectivity index (χ3v) is 8.66. The zero-order valence-electron chi connectivity index (χ0n) is 14.1. The van der Waals surface area contributed by atoms with Crippen LogP contribution in [-0.2, 0) is 15.7 Å². The van der Waals surface area contributed by atoms with Crippen molar-refractivity contribution in [3.05, 3.63) is 0 Å². The van der Waals surface area contributed by atoms with E-state index in [4.69, 9.17) is 0 Å². The molecular weight excluding hydrogens is 272 g/mol. The first-order valence-electron chi connectivity index (χ1n) is 7.67. The molecule has 2 rings (SSSR count). The van der Waals surface area contributed by atoms with Gasteiger partial charge in [-0.15, -0.1) is 0 Å². The van der Waals surface area contributed by atoms with E-state index in [1.165, 1.54) is 25.7 Å². The van der Waals surface area contributed by atoms with Gasteiger partial charge in [0.2, 0.25) is 0 Å². The maximum atomic E-state index is 2.81. The van der Waals surface area contributed by atoms with Crippen molar-refractivity contribution in [1.82, 2.24) is 7.77 Å². The first kappa shape index (κ1) is 15.8. The maximum absolute atomic E-state index is 2.81. The van der Waals surface area contributed by atoms with Gasteiger partial charge >= 0.3 is 127 Å². The molecule has 19 heavy (non-hydrogen) atoms. The summed E-state index contributed by atoms with van der Waals surface area (Å²) >= 11 is 0.438. The van der Waals surface area contributed by atoms with Crippen LogP contribution in [0.3, 0.4) is 0 Å². The normalized spacial score (nSPS) is 32.8. The quantitative estimate of drug-likeness (QED) is 0.754. The van der Waals surface area contributed by atoms with E-state index in [1.807, 2.05) is 0 Å². The van der Waals surface area contributed by atoms with Crippen molar-refractivity contribution >= 4 is 0 Å². The molecule has 0 bridgehead atoms. The number of hydrogen-bond acceptors (Lipinski definition) is 2. The second kappa shape index (κ2) is 4.47. The predicted octanol–water partition coefficient (Wildman–Crippen LogP) is 4.20. The Hall–Kier alpha value is 0.452. The molecule has 0 aliphatic carbocycles. The molecule has 0 spiro atoms. The topological polar surface area (TPSA) is 6.48 Å². The Labute approximate surface area is 127 Å². The summed E-state index contributed by atoms with van der Waals surface area (Å²) in [4.78, 5) is 0. The Bertz CT molecular complexity index is 292. The van der Waals surface area contributed by atoms with Crippen LogP contribution in [0.5, 0.6) is 0 Å². The minimum absolute atomic E-state index is 0.359. The number of rotatable bonds is 2. The Balaban J connectivity index is 2.24. The summed E-state index contributed by atoms with van der Waals surface area (Å²) in [6.45, 7) is 19.4. The standard InChI is InChI=1S/2C8H16N.Cr/c2*1-7(2)5-6-8(3,4)9-7;/h2*5-6H2,1-4H3;/q2*-1;+2. The van der Waals surface area contributed by atoms with Gasteiger partial charge in [-0.2, -0.15) is 0 Å². The minimum atomic E-state index is 0.359. The van der Waals surface area contributed by atoms with Crippen LogP contribution in [0.25, 0.3) is 0 Å². The molecule has 0 N–H and O–H groups in total. The molecule has 0 aromatic rings. The molecule has 0 aromatic heterocycles. The molecule has 0 amide bonds. The molecule has 0 atom stereocenters. The summed E-state index contributed by atoms with van der Waals surface area (Å²) in [7, 11) is 0. The first-order valence-corrected chi connectivity index (χ1v) is 8.81. The van der Waals surface area contributed by atoms with Crippen LogP contribution >= 0.6 is 0 Å². The van der Waals surface area contributed by atoms with Gasteiger partial charge in [0, 0.05) is 0 Å². The van der Waals surface area contributed by atoms with Gasteiger partial charge in [-0.05, 0) is 0 Å². The molecule has 2 saturated heterocycles. The van der Waals surface area contributed by atoms with Crippen LogP contribution in [-0.4, -0.2) is 29.9 Å². The van der Waals surface area contributed by atoms with Gasteiger partial charge in [-0.25, -0.2) is 0 Å². The fourth-order valence-electron chi connectivity index (χ4n) is 3.79. The van der Waals surface area contributed by atoms with E-state index in [9.17, 15) is 0 Å². The number of hydrogen-bond donors (Lipinski definition) is 0. The second-order valence-corrected chi connectivity index (χ2v) is 10.3. The molecule has 2 heterocycles. The van der Waals surface area contributed by atoms with Crippen molar-refractivity contribution in [2.45, 2.75) is 103 Å². The summed E-state index contributed by atoms with van der Waals surface area (Å²) in [5, 5.41) is 0. The Morgan fingerprint density at radius 2 is 0.737 bits per heavy atom. The van der Waals surface area contributed by atoms with Crippen LogP contribution in [0.2, 0.25) is 0 Å². The van der Waals surface area contributed by atoms with E-state index in [2.05, 4.69) is 63.2 Å². The molecule has 2 aliphatic heterocycles. The summed E-state index contributed by atoms with van der Waals surface area (Å²) in [5.41, 5.74) is 1.44. The molecule has 2 aliphatic rings. The third-order valence-electron chi connectivity index (χ3n) is 5.06. The van der Waals surface area contributed by atoms with Crippen molar-refractivity contribution in [2.24, 2.45) is 0 Å². The molecule has 112 valence electrons. The molecular formula is C16H32CrN2. The van der Waals surface area contributed by atoms with Crippen molar-refractivity contribution in [2.75, 3.05) is 0 Å². The van der Waals surface area contributed by atoms with Gasteiger partial charge in [0.1, 0.15) is 0 Å². The van der Waals surface area contributed by atoms with Gasteiger partial charge in [0.15, 0.2) is 0 Å². The van der Waals surface area contributed by atoms with Crippen LogP contribution in [0.1, 0.15) is 81.1 Å². The van der Waals surface area contributed by atoms with Crippen molar-refractivity contribution in [1.29, 1.82) is 0 Å². The zero-order valence-corrected chi connectivity index (χ0v) is 15.4. The third kappa shape index (κ3) is 2.77. The summed E-state index contributed by atoms with van der Waals surface area (Å²) in [5.74, 6) is 0. The van der Waals surface area contributed by atoms with Crippen LogP contribution in [0, 0.1) is 0 Å². The fraction of sp³-hybridized carbons (Fsp3) is 1.00. The Kier molecular flexibility index (Phi) is 3.73. The Morgan fingerprint density at radius 3 is 0.947 bits per heavy atom. The summed E-state index contributed by atoms with van der Waals surface area (Å²) in [6, 6.07) is 0. The zero-order chi connectivity index (χ0) is 14.7. The fourth-order valence-corrected chi connectivity index (χ4v) is 6.00. The Morgan fingerprint density at radius 1 is 0.526 bits per heavy atom. The summed E-state index contributed by atoms with van der Waals surface area (Å²) < 4.78 is 5.61. The van der Waals surface area contributed by atoms with Crippen molar-refractivity contribution in [3.8, 4) is 0 Å². The van der Waals surface area contributed by atoms with Crippen LogP contribution < -0.4 is 0 Å². The molecule has 2 nitrogen and oxygen atoms in total. The molecule has 0 unspecified atom stereocenters.